The lowest BCUT2D eigenvalue weighted by Crippen LogP contribution is -2.29. The van der Waals surface area contributed by atoms with Crippen molar-refractivity contribution in [3.05, 3.63) is 70.2 Å². The number of rotatable bonds is 3. The number of nitrogens with two attached hydrogens (primary N) is 1. The third-order valence-electron chi connectivity index (χ3n) is 3.26. The van der Waals surface area contributed by atoms with E-state index in [2.05, 4.69) is 31.3 Å². The number of hydrogen-bond acceptors (Lipinski definition) is 4. The maximum Gasteiger partial charge on any atom is 0.128 e. The standard InChI is InChI=1S/C15H12BrFN4/c16-10-2-3-12(17)11(8-10)15(21-18)9-1-4-13-14(7-9)20-6-5-19-13/h1-8,15,21H,18H2. The summed E-state index contributed by atoms with van der Waals surface area (Å²) in [6, 6.07) is 9.87. The summed E-state index contributed by atoms with van der Waals surface area (Å²) in [5, 5.41) is 0. The Bertz CT molecular complexity index is 793. The lowest BCUT2D eigenvalue weighted by molar-refractivity contribution is 0.560. The predicted molar refractivity (Wildman–Crippen MR) is 82.8 cm³/mol. The Labute approximate surface area is 129 Å². The van der Waals surface area contributed by atoms with Gasteiger partial charge in [0, 0.05) is 22.4 Å². The Morgan fingerprint density at radius 3 is 2.57 bits per heavy atom. The van der Waals surface area contributed by atoms with Gasteiger partial charge in [-0.2, -0.15) is 0 Å². The van der Waals surface area contributed by atoms with Gasteiger partial charge in [0.15, 0.2) is 0 Å². The van der Waals surface area contributed by atoms with Gasteiger partial charge in [-0.25, -0.2) is 9.82 Å². The minimum absolute atomic E-state index is 0.319. The van der Waals surface area contributed by atoms with E-state index in [4.69, 9.17) is 5.84 Å². The molecule has 0 aliphatic heterocycles. The van der Waals surface area contributed by atoms with Crippen LogP contribution in [0.5, 0.6) is 0 Å². The number of nitrogens with one attached hydrogen (secondary N) is 1. The van der Waals surface area contributed by atoms with Crippen molar-refractivity contribution in [2.45, 2.75) is 6.04 Å². The van der Waals surface area contributed by atoms with Crippen LogP contribution in [0.1, 0.15) is 17.2 Å². The normalized spacial score (nSPS) is 12.5. The molecular weight excluding hydrogens is 335 g/mol. The van der Waals surface area contributed by atoms with Crippen LogP contribution in [0.4, 0.5) is 4.39 Å². The smallest absolute Gasteiger partial charge is 0.128 e. The average Bonchev–Trinajstić information content (AvgIpc) is 2.51. The molecule has 21 heavy (non-hydrogen) atoms. The van der Waals surface area contributed by atoms with Gasteiger partial charge in [-0.05, 0) is 35.9 Å². The van der Waals surface area contributed by atoms with Crippen LogP contribution < -0.4 is 11.3 Å². The van der Waals surface area contributed by atoms with Crippen LogP contribution in [-0.2, 0) is 0 Å². The number of hydrazine groups is 1. The van der Waals surface area contributed by atoms with E-state index < -0.39 is 6.04 Å². The lowest BCUT2D eigenvalue weighted by atomic mass is 9.98. The van der Waals surface area contributed by atoms with E-state index >= 15 is 0 Å². The molecule has 0 spiro atoms. The topological polar surface area (TPSA) is 63.8 Å². The second-order valence-electron chi connectivity index (χ2n) is 4.57. The minimum atomic E-state index is -0.464. The van der Waals surface area contributed by atoms with Gasteiger partial charge in [-0.1, -0.05) is 22.0 Å². The molecule has 0 saturated carbocycles. The molecule has 1 aromatic heterocycles. The summed E-state index contributed by atoms with van der Waals surface area (Å²) < 4.78 is 14.9. The summed E-state index contributed by atoms with van der Waals surface area (Å²) >= 11 is 3.35. The highest BCUT2D eigenvalue weighted by molar-refractivity contribution is 9.10. The van der Waals surface area contributed by atoms with Gasteiger partial charge in [0.25, 0.3) is 0 Å². The number of hydrogen-bond donors (Lipinski definition) is 2. The molecule has 0 aliphatic carbocycles. The SMILES string of the molecule is NNC(c1ccc2nccnc2c1)c1cc(Br)ccc1F. The fraction of sp³-hybridized carbons (Fsp3) is 0.0667. The molecule has 0 amide bonds. The van der Waals surface area contributed by atoms with Crippen molar-refractivity contribution in [2.24, 2.45) is 5.84 Å². The maximum atomic E-state index is 14.1. The average molecular weight is 347 g/mol. The summed E-state index contributed by atoms with van der Waals surface area (Å²) in [6.07, 6.45) is 3.26. The van der Waals surface area contributed by atoms with E-state index in [0.29, 0.717) is 5.56 Å². The van der Waals surface area contributed by atoms with E-state index in [1.165, 1.54) is 6.07 Å². The first kappa shape index (κ1) is 14.1. The monoisotopic (exact) mass is 346 g/mol. The summed E-state index contributed by atoms with van der Waals surface area (Å²) in [7, 11) is 0. The molecule has 0 aliphatic rings. The van der Waals surface area contributed by atoms with Crippen LogP contribution in [0, 0.1) is 5.82 Å². The summed E-state index contributed by atoms with van der Waals surface area (Å²) in [6.45, 7) is 0. The third kappa shape index (κ3) is 2.78. The third-order valence-corrected chi connectivity index (χ3v) is 3.76. The quantitative estimate of drug-likeness (QED) is 0.565. The Kier molecular flexibility index (Phi) is 3.92. The second kappa shape index (κ2) is 5.85. The molecule has 0 bridgehead atoms. The van der Waals surface area contributed by atoms with Crippen molar-refractivity contribution in [3.8, 4) is 0 Å². The van der Waals surface area contributed by atoms with E-state index in [9.17, 15) is 4.39 Å². The Morgan fingerprint density at radius 2 is 1.81 bits per heavy atom. The molecule has 0 fully saturated rings. The molecule has 6 heteroatoms. The molecule has 3 rings (SSSR count). The van der Waals surface area contributed by atoms with Crippen LogP contribution in [0.25, 0.3) is 11.0 Å². The lowest BCUT2D eigenvalue weighted by Gasteiger charge is -2.18. The predicted octanol–water partition coefficient (Wildman–Crippen LogP) is 3.08. The van der Waals surface area contributed by atoms with Crippen LogP contribution in [0.15, 0.2) is 53.3 Å². The van der Waals surface area contributed by atoms with Crippen LogP contribution in [-0.4, -0.2) is 9.97 Å². The Balaban J connectivity index is 2.11. The molecule has 0 radical (unpaired) electrons. The number of fused-ring (bicyclic) bond motifs is 1. The zero-order valence-corrected chi connectivity index (χ0v) is 12.5. The molecule has 1 heterocycles. The molecule has 2 aromatic carbocycles. The van der Waals surface area contributed by atoms with Gasteiger partial charge < -0.3 is 0 Å². The first-order chi connectivity index (χ1) is 10.2. The largest absolute Gasteiger partial charge is 0.271 e. The Morgan fingerprint density at radius 1 is 1.05 bits per heavy atom. The van der Waals surface area contributed by atoms with Crippen molar-refractivity contribution in [1.82, 2.24) is 15.4 Å². The fourth-order valence-corrected chi connectivity index (χ4v) is 2.64. The molecule has 1 atom stereocenters. The van der Waals surface area contributed by atoms with Gasteiger partial charge in [0.05, 0.1) is 17.1 Å². The van der Waals surface area contributed by atoms with E-state index in [1.54, 1.807) is 24.5 Å². The van der Waals surface area contributed by atoms with Crippen molar-refractivity contribution in [3.63, 3.8) is 0 Å². The van der Waals surface area contributed by atoms with Crippen LogP contribution in [0.2, 0.25) is 0 Å². The molecule has 1 unspecified atom stereocenters. The number of halogens is 2. The maximum absolute atomic E-state index is 14.1. The number of aromatic nitrogens is 2. The minimum Gasteiger partial charge on any atom is -0.271 e. The zero-order chi connectivity index (χ0) is 14.8. The van der Waals surface area contributed by atoms with Crippen molar-refractivity contribution >= 4 is 27.0 Å². The van der Waals surface area contributed by atoms with Gasteiger partial charge in [-0.3, -0.25) is 15.8 Å². The summed E-state index contributed by atoms with van der Waals surface area (Å²) in [5.74, 6) is 5.31. The number of benzene rings is 2. The van der Waals surface area contributed by atoms with Crippen molar-refractivity contribution < 1.29 is 4.39 Å². The van der Waals surface area contributed by atoms with Crippen LogP contribution >= 0.6 is 15.9 Å². The number of nitrogens with zero attached hydrogens (tertiary/aromatic N) is 2. The van der Waals surface area contributed by atoms with Crippen molar-refractivity contribution in [2.75, 3.05) is 0 Å². The molecule has 0 saturated heterocycles. The van der Waals surface area contributed by atoms with E-state index in [1.807, 2.05) is 18.2 Å². The molecule has 4 nitrogen and oxygen atoms in total. The van der Waals surface area contributed by atoms with Gasteiger partial charge >= 0.3 is 0 Å². The fourth-order valence-electron chi connectivity index (χ4n) is 2.26. The molecule has 3 aromatic rings. The van der Waals surface area contributed by atoms with Gasteiger partial charge in [-0.15, -0.1) is 0 Å². The Hall–Kier alpha value is -1.89. The second-order valence-corrected chi connectivity index (χ2v) is 5.49. The molecule has 106 valence electrons. The zero-order valence-electron chi connectivity index (χ0n) is 10.9. The van der Waals surface area contributed by atoms with E-state index in [-0.39, 0.29) is 5.82 Å². The van der Waals surface area contributed by atoms with Gasteiger partial charge in [0.1, 0.15) is 5.82 Å². The van der Waals surface area contributed by atoms with E-state index in [0.717, 1.165) is 21.1 Å². The summed E-state index contributed by atoms with van der Waals surface area (Å²) in [4.78, 5) is 8.47. The molecule has 3 N–H and O–H groups in total. The van der Waals surface area contributed by atoms with Crippen LogP contribution in [0.3, 0.4) is 0 Å². The van der Waals surface area contributed by atoms with Crippen molar-refractivity contribution in [1.29, 1.82) is 0 Å². The summed E-state index contributed by atoms with van der Waals surface area (Å²) in [5.41, 5.74) is 5.47. The highest BCUT2D eigenvalue weighted by atomic mass is 79.9. The highest BCUT2D eigenvalue weighted by Crippen LogP contribution is 2.27. The first-order valence-electron chi connectivity index (χ1n) is 6.31. The molecular formula is C15H12BrFN4. The van der Waals surface area contributed by atoms with Gasteiger partial charge in [0.2, 0.25) is 0 Å². The highest BCUT2D eigenvalue weighted by Gasteiger charge is 2.17. The first-order valence-corrected chi connectivity index (χ1v) is 7.10.